The first-order chi connectivity index (χ1) is 16.6. The molecule has 1 saturated heterocycles. The van der Waals surface area contributed by atoms with Crippen LogP contribution in [0.3, 0.4) is 0 Å². The zero-order valence-corrected chi connectivity index (χ0v) is 19.8. The van der Waals surface area contributed by atoms with E-state index in [0.717, 1.165) is 17.1 Å². The van der Waals surface area contributed by atoms with Gasteiger partial charge in [0.15, 0.2) is 12.4 Å². The van der Waals surface area contributed by atoms with Gasteiger partial charge in [0.2, 0.25) is 0 Å². The van der Waals surface area contributed by atoms with Gasteiger partial charge >= 0.3 is 0 Å². The van der Waals surface area contributed by atoms with Gasteiger partial charge in [-0.3, -0.25) is 4.79 Å². The van der Waals surface area contributed by atoms with E-state index in [4.69, 9.17) is 27.9 Å². The number of carbonyl (C=O) groups is 1. The van der Waals surface area contributed by atoms with Gasteiger partial charge in [-0.1, -0.05) is 65.7 Å². The number of anilines is 1. The molecular formula is C26H22Cl2N4O2. The van der Waals surface area contributed by atoms with Crippen LogP contribution in [0.15, 0.2) is 72.8 Å². The fraction of sp³-hybridized carbons (Fsp3) is 0.192. The second kappa shape index (κ2) is 9.87. The van der Waals surface area contributed by atoms with E-state index in [-0.39, 0.29) is 12.5 Å². The molecule has 1 aliphatic heterocycles. The second-order valence-corrected chi connectivity index (χ2v) is 8.83. The minimum absolute atomic E-state index is 0.0830. The third-order valence-corrected chi connectivity index (χ3v) is 6.72. The van der Waals surface area contributed by atoms with Crippen LogP contribution in [0.25, 0.3) is 22.0 Å². The molecule has 8 heteroatoms. The number of aromatic nitrogens is 2. The van der Waals surface area contributed by atoms with Crippen molar-refractivity contribution in [3.63, 3.8) is 0 Å². The van der Waals surface area contributed by atoms with Gasteiger partial charge in [-0.05, 0) is 41.1 Å². The highest BCUT2D eigenvalue weighted by molar-refractivity contribution is 6.42. The maximum absolute atomic E-state index is 12.6. The van der Waals surface area contributed by atoms with Crippen LogP contribution in [0, 0.1) is 0 Å². The van der Waals surface area contributed by atoms with Crippen LogP contribution in [0.2, 0.25) is 10.0 Å². The molecule has 0 N–H and O–H groups in total. The minimum Gasteiger partial charge on any atom is -0.482 e. The summed E-state index contributed by atoms with van der Waals surface area (Å²) in [5.41, 5.74) is 1.87. The molecule has 1 fully saturated rings. The largest absolute Gasteiger partial charge is 0.482 e. The molecule has 0 unspecified atom stereocenters. The molecule has 1 amide bonds. The lowest BCUT2D eigenvalue weighted by molar-refractivity contribution is -0.133. The molecule has 3 aromatic carbocycles. The lowest BCUT2D eigenvalue weighted by atomic mass is 10.1. The molecule has 6 nitrogen and oxygen atoms in total. The van der Waals surface area contributed by atoms with Crippen molar-refractivity contribution < 1.29 is 9.53 Å². The summed E-state index contributed by atoms with van der Waals surface area (Å²) in [5.74, 6) is 1.12. The fourth-order valence-electron chi connectivity index (χ4n) is 4.01. The van der Waals surface area contributed by atoms with Gasteiger partial charge in [0.05, 0.1) is 10.7 Å². The summed E-state index contributed by atoms with van der Waals surface area (Å²) in [5, 5.41) is 12.0. The number of benzene rings is 3. The number of rotatable bonds is 5. The Labute approximate surface area is 207 Å². The van der Waals surface area contributed by atoms with E-state index < -0.39 is 0 Å². The molecule has 0 atom stereocenters. The Morgan fingerprint density at radius 3 is 2.41 bits per heavy atom. The first-order valence-electron chi connectivity index (χ1n) is 11.0. The summed E-state index contributed by atoms with van der Waals surface area (Å²) in [4.78, 5) is 16.5. The number of ether oxygens (including phenoxy) is 1. The average Bonchev–Trinajstić information content (AvgIpc) is 2.89. The number of amides is 1. The number of hydrogen-bond donors (Lipinski definition) is 0. The number of carbonyl (C=O) groups excluding carboxylic acids is 1. The molecule has 0 spiro atoms. The van der Waals surface area contributed by atoms with Crippen molar-refractivity contribution in [3.05, 3.63) is 82.8 Å². The number of nitrogens with zero attached hydrogens (tertiary/aromatic N) is 4. The van der Waals surface area contributed by atoms with Crippen LogP contribution in [0.5, 0.6) is 5.75 Å². The summed E-state index contributed by atoms with van der Waals surface area (Å²) in [6, 6.07) is 23.6. The topological polar surface area (TPSA) is 58.6 Å². The average molecular weight is 493 g/mol. The van der Waals surface area contributed by atoms with Gasteiger partial charge in [-0.25, -0.2) is 0 Å². The van der Waals surface area contributed by atoms with Crippen LogP contribution in [-0.4, -0.2) is 53.8 Å². The van der Waals surface area contributed by atoms with Crippen LogP contribution < -0.4 is 9.64 Å². The molecule has 0 radical (unpaired) electrons. The van der Waals surface area contributed by atoms with E-state index in [2.05, 4.69) is 45.4 Å². The van der Waals surface area contributed by atoms with E-state index in [9.17, 15) is 4.79 Å². The Morgan fingerprint density at radius 1 is 0.853 bits per heavy atom. The standard InChI is InChI=1S/C26H22Cl2N4O2/c27-21-6-3-7-23(26(21)28)34-17-25(33)32-14-12-31(13-15-32)24-11-10-22(29-30-24)20-9-8-18-4-1-2-5-19(18)16-20/h1-11,16H,12-15,17H2. The molecule has 0 bridgehead atoms. The highest BCUT2D eigenvalue weighted by Crippen LogP contribution is 2.31. The lowest BCUT2D eigenvalue weighted by Gasteiger charge is -2.35. The van der Waals surface area contributed by atoms with E-state index in [1.54, 1.807) is 23.1 Å². The van der Waals surface area contributed by atoms with Gasteiger partial charge in [-0.15, -0.1) is 10.2 Å². The number of halogens is 2. The minimum atomic E-state index is -0.0894. The second-order valence-electron chi connectivity index (χ2n) is 8.05. The van der Waals surface area contributed by atoms with Crippen LogP contribution in [0.4, 0.5) is 5.82 Å². The molecule has 5 rings (SSSR count). The van der Waals surface area contributed by atoms with E-state index in [1.165, 1.54) is 10.8 Å². The number of fused-ring (bicyclic) bond motifs is 1. The molecule has 1 aromatic heterocycles. The Morgan fingerprint density at radius 2 is 1.65 bits per heavy atom. The van der Waals surface area contributed by atoms with Crippen molar-refractivity contribution in [1.82, 2.24) is 15.1 Å². The van der Waals surface area contributed by atoms with Crippen molar-refractivity contribution in [2.24, 2.45) is 0 Å². The van der Waals surface area contributed by atoms with Crippen molar-refractivity contribution >= 4 is 45.7 Å². The van der Waals surface area contributed by atoms with Gasteiger partial charge in [0, 0.05) is 31.7 Å². The maximum atomic E-state index is 12.6. The Bertz CT molecular complexity index is 1320. The van der Waals surface area contributed by atoms with E-state index in [1.807, 2.05) is 24.3 Å². The molecule has 34 heavy (non-hydrogen) atoms. The molecule has 2 heterocycles. The zero-order valence-electron chi connectivity index (χ0n) is 18.3. The maximum Gasteiger partial charge on any atom is 0.260 e. The van der Waals surface area contributed by atoms with Gasteiger partial charge in [0.25, 0.3) is 5.91 Å². The Kier molecular flexibility index (Phi) is 6.52. The highest BCUT2D eigenvalue weighted by Gasteiger charge is 2.23. The molecule has 0 saturated carbocycles. The molecule has 172 valence electrons. The SMILES string of the molecule is O=C(COc1cccc(Cl)c1Cl)N1CCN(c2ccc(-c3ccc4ccccc4c3)nn2)CC1. The van der Waals surface area contributed by atoms with Crippen molar-refractivity contribution in [2.45, 2.75) is 0 Å². The third-order valence-electron chi connectivity index (χ3n) is 5.92. The summed E-state index contributed by atoms with van der Waals surface area (Å²) < 4.78 is 5.58. The van der Waals surface area contributed by atoms with E-state index >= 15 is 0 Å². The molecular weight excluding hydrogens is 471 g/mol. The van der Waals surface area contributed by atoms with Crippen LogP contribution in [0.1, 0.15) is 0 Å². The van der Waals surface area contributed by atoms with Crippen molar-refractivity contribution in [3.8, 4) is 17.0 Å². The first kappa shape index (κ1) is 22.4. The highest BCUT2D eigenvalue weighted by atomic mass is 35.5. The summed E-state index contributed by atoms with van der Waals surface area (Å²) >= 11 is 12.1. The number of hydrogen-bond acceptors (Lipinski definition) is 5. The molecule has 4 aromatic rings. The van der Waals surface area contributed by atoms with Gasteiger partial charge in [-0.2, -0.15) is 0 Å². The summed E-state index contributed by atoms with van der Waals surface area (Å²) in [6.45, 7) is 2.43. The predicted octanol–water partition coefficient (Wildman–Crippen LogP) is 5.33. The quantitative estimate of drug-likeness (QED) is 0.376. The summed E-state index contributed by atoms with van der Waals surface area (Å²) in [7, 11) is 0. The van der Waals surface area contributed by atoms with Crippen molar-refractivity contribution in [2.75, 3.05) is 37.7 Å². The van der Waals surface area contributed by atoms with E-state index in [0.29, 0.717) is 42.0 Å². The van der Waals surface area contributed by atoms with Gasteiger partial charge < -0.3 is 14.5 Å². The summed E-state index contributed by atoms with van der Waals surface area (Å²) in [6.07, 6.45) is 0. The zero-order chi connectivity index (χ0) is 23.5. The van der Waals surface area contributed by atoms with Crippen LogP contribution >= 0.6 is 23.2 Å². The van der Waals surface area contributed by atoms with Crippen LogP contribution in [-0.2, 0) is 4.79 Å². The third kappa shape index (κ3) is 4.79. The fourth-order valence-corrected chi connectivity index (χ4v) is 4.35. The smallest absolute Gasteiger partial charge is 0.260 e. The Balaban J connectivity index is 1.17. The first-order valence-corrected chi connectivity index (χ1v) is 11.8. The lowest BCUT2D eigenvalue weighted by Crippen LogP contribution is -2.50. The molecule has 1 aliphatic rings. The molecule has 0 aliphatic carbocycles. The Hall–Kier alpha value is -3.35. The monoisotopic (exact) mass is 492 g/mol. The normalized spacial score (nSPS) is 13.8. The predicted molar refractivity (Wildman–Crippen MR) is 136 cm³/mol. The van der Waals surface area contributed by atoms with Crippen molar-refractivity contribution in [1.29, 1.82) is 0 Å². The number of piperazine rings is 1. The van der Waals surface area contributed by atoms with Gasteiger partial charge in [0.1, 0.15) is 10.8 Å².